The second kappa shape index (κ2) is 7.57. The van der Waals surface area contributed by atoms with Crippen LogP contribution >= 0.6 is 22.6 Å². The van der Waals surface area contributed by atoms with E-state index in [-0.39, 0.29) is 11.5 Å². The summed E-state index contributed by atoms with van der Waals surface area (Å²) in [6.07, 6.45) is 1.55. The lowest BCUT2D eigenvalue weighted by Crippen LogP contribution is -2.14. The molecule has 0 unspecified atom stereocenters. The summed E-state index contributed by atoms with van der Waals surface area (Å²) < 4.78 is 1.07. The first-order chi connectivity index (χ1) is 11.6. The third-order valence-corrected chi connectivity index (χ3v) is 4.26. The number of rotatable bonds is 5. The number of amides is 1. The number of hydrogen-bond donors (Lipinski definition) is 2. The number of aryl methyl sites for hydroxylation is 1. The van der Waals surface area contributed by atoms with Crippen molar-refractivity contribution in [3.8, 4) is 0 Å². The molecule has 6 heteroatoms. The number of anilines is 1. The largest absolute Gasteiger partial charge is 0.326 e. The fraction of sp³-hybridized carbons (Fsp3) is 0.167. The number of carbonyl (C=O) groups excluding carboxylic acids is 1. The highest BCUT2D eigenvalue weighted by atomic mass is 127. The fourth-order valence-electron chi connectivity index (χ4n) is 2.46. The van der Waals surface area contributed by atoms with Crippen LogP contribution in [0.2, 0.25) is 0 Å². The van der Waals surface area contributed by atoms with Crippen LogP contribution in [0.25, 0.3) is 10.9 Å². The number of aromatic amines is 1. The second-order valence-corrected chi connectivity index (χ2v) is 6.69. The number of fused-ring (bicyclic) bond motifs is 1. The molecule has 3 rings (SSSR count). The molecule has 0 fully saturated rings. The van der Waals surface area contributed by atoms with Gasteiger partial charge in [0.05, 0.1) is 10.9 Å². The lowest BCUT2D eigenvalue weighted by atomic mass is 10.2. The second-order valence-electron chi connectivity index (χ2n) is 5.44. The smallest absolute Gasteiger partial charge is 0.258 e. The van der Waals surface area contributed by atoms with Crippen molar-refractivity contribution in [1.29, 1.82) is 0 Å². The lowest BCUT2D eigenvalue weighted by molar-refractivity contribution is -0.116. The number of H-pyrrole nitrogens is 1. The Balaban J connectivity index is 1.58. The van der Waals surface area contributed by atoms with Crippen molar-refractivity contribution in [3.05, 3.63) is 68.3 Å². The lowest BCUT2D eigenvalue weighted by Gasteiger charge is -2.06. The van der Waals surface area contributed by atoms with Crippen molar-refractivity contribution in [1.82, 2.24) is 9.97 Å². The predicted octanol–water partition coefficient (Wildman–Crippen LogP) is 3.49. The number of para-hydroxylation sites is 1. The zero-order valence-corrected chi connectivity index (χ0v) is 15.0. The monoisotopic (exact) mass is 433 g/mol. The molecule has 0 saturated carbocycles. The molecular formula is C18H16IN3O2. The van der Waals surface area contributed by atoms with Gasteiger partial charge in [0.25, 0.3) is 5.56 Å². The van der Waals surface area contributed by atoms with Crippen molar-refractivity contribution in [3.63, 3.8) is 0 Å². The normalized spacial score (nSPS) is 10.7. The van der Waals surface area contributed by atoms with Crippen molar-refractivity contribution in [2.75, 3.05) is 5.32 Å². The summed E-state index contributed by atoms with van der Waals surface area (Å²) in [7, 11) is 0. The number of hydrogen-bond acceptors (Lipinski definition) is 3. The van der Waals surface area contributed by atoms with Gasteiger partial charge in [0.2, 0.25) is 5.91 Å². The van der Waals surface area contributed by atoms with E-state index in [1.165, 1.54) is 0 Å². The highest BCUT2D eigenvalue weighted by Crippen LogP contribution is 2.13. The zero-order chi connectivity index (χ0) is 16.9. The number of nitrogens with zero attached hydrogens (tertiary/aromatic N) is 1. The Morgan fingerprint density at radius 3 is 2.83 bits per heavy atom. The highest BCUT2D eigenvalue weighted by Gasteiger charge is 2.06. The maximum atomic E-state index is 12.0. The van der Waals surface area contributed by atoms with Crippen LogP contribution in [0, 0.1) is 3.57 Å². The average molecular weight is 433 g/mol. The standard InChI is InChI=1S/C18H16IN3O2/c19-12-5-3-6-13(11-12)20-17(23)10-4-9-16-21-15-8-2-1-7-14(15)18(24)22-16/h1-3,5-8,11H,4,9-10H2,(H,20,23)(H,21,22,24). The van der Waals surface area contributed by atoms with Gasteiger partial charge in [-0.25, -0.2) is 4.98 Å². The quantitative estimate of drug-likeness (QED) is 0.605. The Morgan fingerprint density at radius 1 is 1.17 bits per heavy atom. The first-order valence-corrected chi connectivity index (χ1v) is 8.73. The van der Waals surface area contributed by atoms with E-state index in [0.717, 1.165) is 9.26 Å². The number of carbonyl (C=O) groups is 1. The van der Waals surface area contributed by atoms with Crippen LogP contribution in [0.4, 0.5) is 5.69 Å². The van der Waals surface area contributed by atoms with E-state index in [1.54, 1.807) is 6.07 Å². The molecular weight excluding hydrogens is 417 g/mol. The van der Waals surface area contributed by atoms with E-state index in [1.807, 2.05) is 42.5 Å². The highest BCUT2D eigenvalue weighted by molar-refractivity contribution is 14.1. The first-order valence-electron chi connectivity index (χ1n) is 7.65. The van der Waals surface area contributed by atoms with Gasteiger partial charge >= 0.3 is 0 Å². The van der Waals surface area contributed by atoms with Crippen molar-refractivity contribution < 1.29 is 4.79 Å². The SMILES string of the molecule is O=C(CCCc1nc2ccccc2c(=O)[nH]1)Nc1cccc(I)c1. The molecule has 1 aromatic heterocycles. The van der Waals surface area contributed by atoms with Gasteiger partial charge < -0.3 is 10.3 Å². The molecule has 0 aliphatic carbocycles. The van der Waals surface area contributed by atoms with Crippen LogP contribution in [0.5, 0.6) is 0 Å². The van der Waals surface area contributed by atoms with E-state index in [2.05, 4.69) is 37.9 Å². The molecule has 5 nitrogen and oxygen atoms in total. The van der Waals surface area contributed by atoms with E-state index in [9.17, 15) is 9.59 Å². The summed E-state index contributed by atoms with van der Waals surface area (Å²) in [5.74, 6) is 0.570. The average Bonchev–Trinajstić information content (AvgIpc) is 2.55. The molecule has 0 spiro atoms. The summed E-state index contributed by atoms with van der Waals surface area (Å²) in [6, 6.07) is 14.9. The zero-order valence-electron chi connectivity index (χ0n) is 12.9. The molecule has 24 heavy (non-hydrogen) atoms. The Hall–Kier alpha value is -2.22. The molecule has 1 amide bonds. The van der Waals surface area contributed by atoms with E-state index in [4.69, 9.17) is 0 Å². The molecule has 0 saturated heterocycles. The number of halogens is 1. The molecule has 0 radical (unpaired) electrons. The summed E-state index contributed by atoms with van der Waals surface area (Å²) in [5.41, 5.74) is 1.34. The van der Waals surface area contributed by atoms with Gasteiger partial charge in [0, 0.05) is 22.1 Å². The summed E-state index contributed by atoms with van der Waals surface area (Å²) >= 11 is 2.21. The molecule has 3 aromatic rings. The summed E-state index contributed by atoms with van der Waals surface area (Å²) in [6.45, 7) is 0. The summed E-state index contributed by atoms with van der Waals surface area (Å²) in [5, 5.41) is 3.46. The van der Waals surface area contributed by atoms with Gasteiger partial charge in [-0.1, -0.05) is 18.2 Å². The van der Waals surface area contributed by atoms with Crippen molar-refractivity contribution in [2.45, 2.75) is 19.3 Å². The Labute approximate surface area is 152 Å². The Kier molecular flexibility index (Phi) is 5.24. The number of nitrogens with one attached hydrogen (secondary N) is 2. The Morgan fingerprint density at radius 2 is 2.00 bits per heavy atom. The molecule has 2 aromatic carbocycles. The van der Waals surface area contributed by atoms with Crippen LogP contribution < -0.4 is 10.9 Å². The third kappa shape index (κ3) is 4.19. The van der Waals surface area contributed by atoms with E-state index < -0.39 is 0 Å². The number of benzene rings is 2. The van der Waals surface area contributed by atoms with Crippen molar-refractivity contribution >= 4 is 45.1 Å². The minimum absolute atomic E-state index is 0.0415. The van der Waals surface area contributed by atoms with Gasteiger partial charge in [0.15, 0.2) is 0 Å². The van der Waals surface area contributed by atoms with E-state index >= 15 is 0 Å². The molecule has 0 bridgehead atoms. The van der Waals surface area contributed by atoms with Crippen LogP contribution in [-0.2, 0) is 11.2 Å². The molecule has 122 valence electrons. The third-order valence-electron chi connectivity index (χ3n) is 3.59. The van der Waals surface area contributed by atoms with Gasteiger partial charge in [-0.15, -0.1) is 0 Å². The van der Waals surface area contributed by atoms with Gasteiger partial charge in [-0.05, 0) is 59.3 Å². The van der Waals surface area contributed by atoms with Crippen LogP contribution in [0.15, 0.2) is 53.3 Å². The first kappa shape index (κ1) is 16.6. The molecule has 0 aliphatic heterocycles. The van der Waals surface area contributed by atoms with Gasteiger partial charge in [0.1, 0.15) is 5.82 Å². The number of aromatic nitrogens is 2. The van der Waals surface area contributed by atoms with Crippen LogP contribution in [0.1, 0.15) is 18.7 Å². The molecule has 1 heterocycles. The molecule has 2 N–H and O–H groups in total. The fourth-order valence-corrected chi connectivity index (χ4v) is 3.00. The predicted molar refractivity (Wildman–Crippen MR) is 103 cm³/mol. The maximum absolute atomic E-state index is 12.0. The van der Waals surface area contributed by atoms with Gasteiger partial charge in [-0.3, -0.25) is 9.59 Å². The molecule has 0 atom stereocenters. The van der Waals surface area contributed by atoms with E-state index in [0.29, 0.717) is 36.0 Å². The minimum atomic E-state index is -0.140. The topological polar surface area (TPSA) is 74.8 Å². The summed E-state index contributed by atoms with van der Waals surface area (Å²) in [4.78, 5) is 31.2. The molecule has 0 aliphatic rings. The van der Waals surface area contributed by atoms with Crippen LogP contribution in [0.3, 0.4) is 0 Å². The van der Waals surface area contributed by atoms with Crippen molar-refractivity contribution in [2.24, 2.45) is 0 Å². The van der Waals surface area contributed by atoms with Gasteiger partial charge in [-0.2, -0.15) is 0 Å². The Bertz CT molecular complexity index is 937. The maximum Gasteiger partial charge on any atom is 0.258 e. The minimum Gasteiger partial charge on any atom is -0.326 e. The van der Waals surface area contributed by atoms with Crippen LogP contribution in [-0.4, -0.2) is 15.9 Å².